The van der Waals surface area contributed by atoms with Crippen LogP contribution in [0.1, 0.15) is 15.2 Å². The van der Waals surface area contributed by atoms with E-state index >= 15 is 0 Å². The molecular formula is C19H11N5O5S3. The van der Waals surface area contributed by atoms with Crippen molar-refractivity contribution in [3.8, 4) is 17.6 Å². The van der Waals surface area contributed by atoms with Crippen molar-refractivity contribution in [3.05, 3.63) is 52.2 Å². The molecule has 2 aromatic heterocycles. The van der Waals surface area contributed by atoms with Gasteiger partial charge in [0.25, 0.3) is 15.9 Å². The molecule has 3 heterocycles. The zero-order valence-electron chi connectivity index (χ0n) is 15.9. The van der Waals surface area contributed by atoms with E-state index in [0.29, 0.717) is 28.2 Å². The van der Waals surface area contributed by atoms with Crippen LogP contribution in [-0.4, -0.2) is 29.9 Å². The second-order valence-electron chi connectivity index (χ2n) is 6.50. The zero-order valence-corrected chi connectivity index (χ0v) is 18.3. The minimum absolute atomic E-state index is 0.0132. The lowest BCUT2D eigenvalue weighted by Gasteiger charge is -2.10. The first-order valence-electron chi connectivity index (χ1n) is 8.92. The number of hydrogen-bond donors (Lipinski definition) is 2. The van der Waals surface area contributed by atoms with E-state index < -0.39 is 15.9 Å². The van der Waals surface area contributed by atoms with Crippen LogP contribution >= 0.6 is 23.1 Å². The topological polar surface area (TPSA) is 143 Å². The lowest BCUT2D eigenvalue weighted by Crippen LogP contribution is -2.18. The number of fused-ring (bicyclic) bond motifs is 2. The predicted molar refractivity (Wildman–Crippen MR) is 118 cm³/mol. The van der Waals surface area contributed by atoms with Crippen LogP contribution in [0.4, 0.5) is 11.4 Å². The largest absolute Gasteiger partial charge is 0.454 e. The molecule has 2 aromatic carbocycles. The highest BCUT2D eigenvalue weighted by molar-refractivity contribution is 7.93. The second kappa shape index (κ2) is 7.75. The zero-order chi connectivity index (χ0) is 22.3. The molecule has 0 aliphatic carbocycles. The van der Waals surface area contributed by atoms with Gasteiger partial charge in [0.05, 0.1) is 28.7 Å². The SMILES string of the molecule is N#Cc1cc2c(cc1NC(=O)c1sccc1S(=O)(=O)Nc1ccc3nsnc3c1)OCO2. The highest BCUT2D eigenvalue weighted by atomic mass is 32.2. The summed E-state index contributed by atoms with van der Waals surface area (Å²) in [6.45, 7) is 0.0132. The van der Waals surface area contributed by atoms with Crippen molar-refractivity contribution in [3.63, 3.8) is 0 Å². The molecule has 0 saturated heterocycles. The number of nitrogens with one attached hydrogen (secondary N) is 2. The number of ether oxygens (including phenoxy) is 2. The van der Waals surface area contributed by atoms with Crippen LogP contribution in [0.2, 0.25) is 0 Å². The number of amides is 1. The van der Waals surface area contributed by atoms with Gasteiger partial charge in [0.15, 0.2) is 11.5 Å². The number of aromatic nitrogens is 2. The Bertz CT molecular complexity index is 1520. The molecule has 0 unspecified atom stereocenters. The summed E-state index contributed by atoms with van der Waals surface area (Å²) in [5, 5.41) is 13.5. The van der Waals surface area contributed by atoms with Gasteiger partial charge in [0, 0.05) is 12.1 Å². The molecule has 1 amide bonds. The number of nitrogens with zero attached hydrogens (tertiary/aromatic N) is 3. The van der Waals surface area contributed by atoms with Gasteiger partial charge >= 0.3 is 0 Å². The minimum atomic E-state index is -4.07. The van der Waals surface area contributed by atoms with Gasteiger partial charge in [-0.05, 0) is 29.6 Å². The van der Waals surface area contributed by atoms with E-state index in [1.807, 2.05) is 6.07 Å². The van der Waals surface area contributed by atoms with Gasteiger partial charge < -0.3 is 14.8 Å². The van der Waals surface area contributed by atoms with Crippen molar-refractivity contribution in [2.24, 2.45) is 0 Å². The highest BCUT2D eigenvalue weighted by Gasteiger charge is 2.26. The molecule has 1 aliphatic heterocycles. The Kier molecular flexibility index (Phi) is 4.89. The third-order valence-corrected chi connectivity index (χ3v) is 7.53. The number of anilines is 2. The van der Waals surface area contributed by atoms with E-state index in [4.69, 9.17) is 9.47 Å². The third-order valence-electron chi connectivity index (χ3n) is 4.51. The maximum absolute atomic E-state index is 13.0. The summed E-state index contributed by atoms with van der Waals surface area (Å²) < 4.78 is 47.1. The summed E-state index contributed by atoms with van der Waals surface area (Å²) >= 11 is 1.99. The number of carbonyl (C=O) groups excluding carboxylic acids is 1. The molecule has 4 aromatic rings. The molecule has 2 N–H and O–H groups in total. The molecule has 32 heavy (non-hydrogen) atoms. The number of benzene rings is 2. The molecular weight excluding hydrogens is 474 g/mol. The van der Waals surface area contributed by atoms with Crippen LogP contribution in [0, 0.1) is 11.3 Å². The van der Waals surface area contributed by atoms with Crippen molar-refractivity contribution in [1.29, 1.82) is 5.26 Å². The Morgan fingerprint density at radius 1 is 1.09 bits per heavy atom. The van der Waals surface area contributed by atoms with Crippen LogP contribution < -0.4 is 19.5 Å². The second-order valence-corrected chi connectivity index (χ2v) is 9.60. The Morgan fingerprint density at radius 3 is 2.69 bits per heavy atom. The fourth-order valence-corrected chi connectivity index (χ4v) is 5.94. The summed E-state index contributed by atoms with van der Waals surface area (Å²) in [7, 11) is -4.07. The maximum Gasteiger partial charge on any atom is 0.267 e. The minimum Gasteiger partial charge on any atom is -0.454 e. The maximum atomic E-state index is 13.0. The molecule has 160 valence electrons. The number of rotatable bonds is 5. The lowest BCUT2D eigenvalue weighted by atomic mass is 10.1. The van der Waals surface area contributed by atoms with Gasteiger partial charge in [-0.15, -0.1) is 11.3 Å². The third kappa shape index (κ3) is 3.60. The number of sulfonamides is 1. The average Bonchev–Trinajstić information content (AvgIpc) is 3.52. The molecule has 0 bridgehead atoms. The molecule has 0 saturated carbocycles. The quantitative estimate of drug-likeness (QED) is 0.438. The summed E-state index contributed by atoms with van der Waals surface area (Å²) in [6.07, 6.45) is 0. The first-order chi connectivity index (χ1) is 15.4. The summed E-state index contributed by atoms with van der Waals surface area (Å²) in [5.74, 6) is 0.109. The van der Waals surface area contributed by atoms with Gasteiger partial charge in [-0.1, -0.05) is 0 Å². The van der Waals surface area contributed by atoms with Gasteiger partial charge in [0.1, 0.15) is 26.9 Å². The van der Waals surface area contributed by atoms with Crippen molar-refractivity contribution >= 4 is 61.4 Å². The Hall–Kier alpha value is -3.73. The predicted octanol–water partition coefficient (Wildman–Crippen LogP) is 3.41. The number of carbonyl (C=O) groups is 1. The van der Waals surface area contributed by atoms with E-state index in [9.17, 15) is 18.5 Å². The van der Waals surface area contributed by atoms with Crippen molar-refractivity contribution in [2.45, 2.75) is 4.90 Å². The molecule has 0 spiro atoms. The van der Waals surface area contributed by atoms with Gasteiger partial charge in [0.2, 0.25) is 6.79 Å². The first kappa shape index (κ1) is 20.2. The lowest BCUT2D eigenvalue weighted by molar-refractivity contribution is 0.102. The van der Waals surface area contributed by atoms with E-state index in [1.54, 1.807) is 18.2 Å². The van der Waals surface area contributed by atoms with E-state index in [0.717, 1.165) is 23.1 Å². The molecule has 0 radical (unpaired) electrons. The fourth-order valence-electron chi connectivity index (χ4n) is 3.05. The molecule has 10 nitrogen and oxygen atoms in total. The normalized spacial score (nSPS) is 12.5. The Labute approximate surface area is 189 Å². The standard InChI is InChI=1S/C19H11N5O5S3/c20-8-10-5-15-16(29-9-28-15)7-13(10)21-19(25)18-17(3-4-30-18)32(26,27)24-11-1-2-12-14(6-11)23-31-22-12/h1-7,24H,9H2,(H,21,25). The fraction of sp³-hybridized carbons (Fsp3) is 0.0526. The van der Waals surface area contributed by atoms with E-state index in [-0.39, 0.29) is 27.8 Å². The molecule has 5 rings (SSSR count). The Balaban J connectivity index is 1.42. The summed E-state index contributed by atoms with van der Waals surface area (Å²) in [4.78, 5) is 12.7. The van der Waals surface area contributed by atoms with Crippen molar-refractivity contribution in [2.75, 3.05) is 16.8 Å². The average molecular weight is 486 g/mol. The number of thiophene rings is 1. The van der Waals surface area contributed by atoms with Crippen molar-refractivity contribution in [1.82, 2.24) is 8.75 Å². The van der Waals surface area contributed by atoms with Crippen LogP contribution in [-0.2, 0) is 10.0 Å². The van der Waals surface area contributed by atoms with Gasteiger partial charge in [-0.3, -0.25) is 9.52 Å². The van der Waals surface area contributed by atoms with Crippen LogP contribution in [0.3, 0.4) is 0 Å². The molecule has 0 fully saturated rings. The summed E-state index contributed by atoms with van der Waals surface area (Å²) in [5.41, 5.74) is 1.86. The molecule has 1 aliphatic rings. The molecule has 13 heteroatoms. The smallest absolute Gasteiger partial charge is 0.267 e. The summed E-state index contributed by atoms with van der Waals surface area (Å²) in [6, 6.07) is 11.0. The Morgan fingerprint density at radius 2 is 1.88 bits per heavy atom. The highest BCUT2D eigenvalue weighted by Crippen LogP contribution is 2.37. The van der Waals surface area contributed by atoms with Crippen LogP contribution in [0.5, 0.6) is 11.5 Å². The van der Waals surface area contributed by atoms with E-state index in [1.165, 1.54) is 23.6 Å². The first-order valence-corrected chi connectivity index (χ1v) is 12.0. The molecule has 0 atom stereocenters. The number of hydrogen-bond acceptors (Lipinski definition) is 10. The van der Waals surface area contributed by atoms with Crippen LogP contribution in [0.25, 0.3) is 11.0 Å². The van der Waals surface area contributed by atoms with E-state index in [2.05, 4.69) is 18.8 Å². The van der Waals surface area contributed by atoms with Gasteiger partial charge in [-0.2, -0.15) is 14.0 Å². The van der Waals surface area contributed by atoms with Crippen molar-refractivity contribution < 1.29 is 22.7 Å². The van der Waals surface area contributed by atoms with Gasteiger partial charge in [-0.25, -0.2) is 8.42 Å². The monoisotopic (exact) mass is 485 g/mol. The van der Waals surface area contributed by atoms with Crippen LogP contribution in [0.15, 0.2) is 46.7 Å². The number of nitriles is 1.